The topological polar surface area (TPSA) is 66.5 Å². The molecular weight excluding hydrogens is 548 g/mol. The zero-order chi connectivity index (χ0) is 26.8. The fourth-order valence-corrected chi connectivity index (χ4v) is 7.68. The Balaban J connectivity index is 1.57. The molecule has 37 heavy (non-hydrogen) atoms. The van der Waals surface area contributed by atoms with Crippen LogP contribution >= 0.6 is 23.2 Å². The highest BCUT2D eigenvalue weighted by atomic mass is 35.5. The summed E-state index contributed by atoms with van der Waals surface area (Å²) in [5, 5.41) is 2.22. The molecule has 11 heteroatoms. The lowest BCUT2D eigenvalue weighted by Gasteiger charge is -2.28. The number of benzene rings is 2. The van der Waals surface area contributed by atoms with E-state index in [4.69, 9.17) is 23.2 Å². The van der Waals surface area contributed by atoms with Gasteiger partial charge in [0.1, 0.15) is 0 Å². The van der Waals surface area contributed by atoms with E-state index in [-0.39, 0.29) is 39.7 Å². The van der Waals surface area contributed by atoms with Gasteiger partial charge in [0.2, 0.25) is 0 Å². The molecule has 1 saturated heterocycles. The standard InChI is InChI=1S/C26H29Cl2F3N2O3S/c27-19-8-9-24(37(35,36)20-6-2-3-7-20)18(12-19)15-32-25(34)17-13-22(26(29,30)31)21(23(28)14-17)16-33-10-4-1-5-11-33/h8-9,12-14,20H,1-7,10-11,15-16H2,(H,32,34). The Bertz CT molecular complexity index is 1260. The first kappa shape index (κ1) is 28.2. The van der Waals surface area contributed by atoms with Crippen LogP contribution in [0.25, 0.3) is 0 Å². The van der Waals surface area contributed by atoms with E-state index in [1.54, 1.807) is 0 Å². The number of piperidine rings is 1. The molecule has 1 aliphatic carbocycles. The first-order valence-electron chi connectivity index (χ1n) is 12.4. The second kappa shape index (κ2) is 11.5. The van der Waals surface area contributed by atoms with Crippen LogP contribution in [-0.2, 0) is 29.1 Å². The minimum Gasteiger partial charge on any atom is -0.348 e. The predicted molar refractivity (Wildman–Crippen MR) is 138 cm³/mol. The number of nitrogens with zero attached hydrogens (tertiary/aromatic N) is 1. The van der Waals surface area contributed by atoms with E-state index < -0.39 is 32.7 Å². The van der Waals surface area contributed by atoms with Crippen LogP contribution in [0.4, 0.5) is 13.2 Å². The van der Waals surface area contributed by atoms with Crippen molar-refractivity contribution in [3.63, 3.8) is 0 Å². The average molecular weight is 577 g/mol. The van der Waals surface area contributed by atoms with Crippen molar-refractivity contribution < 1.29 is 26.4 Å². The van der Waals surface area contributed by atoms with Crippen LogP contribution in [0.15, 0.2) is 35.2 Å². The van der Waals surface area contributed by atoms with Crippen LogP contribution in [0.1, 0.15) is 72.0 Å². The van der Waals surface area contributed by atoms with Crippen molar-refractivity contribution in [2.75, 3.05) is 13.1 Å². The molecule has 1 heterocycles. The summed E-state index contributed by atoms with van der Waals surface area (Å²) < 4.78 is 68.2. The van der Waals surface area contributed by atoms with Crippen LogP contribution in [0, 0.1) is 0 Å². The van der Waals surface area contributed by atoms with Gasteiger partial charge >= 0.3 is 6.18 Å². The molecule has 0 aromatic heterocycles. The molecule has 2 aromatic carbocycles. The maximum absolute atomic E-state index is 14.0. The molecule has 0 radical (unpaired) electrons. The minimum atomic E-state index is -4.69. The molecular formula is C26H29Cl2F3N2O3S. The first-order valence-corrected chi connectivity index (χ1v) is 14.7. The minimum absolute atomic E-state index is 0.0487. The SMILES string of the molecule is O=C(NCc1cc(Cl)ccc1S(=O)(=O)C1CCCC1)c1cc(Cl)c(CN2CCCCC2)c(C(F)(F)F)c1. The highest BCUT2D eigenvalue weighted by Gasteiger charge is 2.36. The summed E-state index contributed by atoms with van der Waals surface area (Å²) >= 11 is 12.4. The van der Waals surface area contributed by atoms with E-state index >= 15 is 0 Å². The second-order valence-electron chi connectivity index (χ2n) is 9.70. The average Bonchev–Trinajstić information content (AvgIpc) is 3.39. The van der Waals surface area contributed by atoms with Crippen molar-refractivity contribution in [1.82, 2.24) is 10.2 Å². The third-order valence-corrected chi connectivity index (χ3v) is 10.0. The Morgan fingerprint density at radius 1 is 1.00 bits per heavy atom. The van der Waals surface area contributed by atoms with Crippen molar-refractivity contribution in [3.05, 3.63) is 62.6 Å². The molecule has 0 atom stereocenters. The van der Waals surface area contributed by atoms with Gasteiger partial charge < -0.3 is 5.32 Å². The molecule has 2 aliphatic rings. The quantitative estimate of drug-likeness (QED) is 0.401. The zero-order valence-electron chi connectivity index (χ0n) is 20.2. The van der Waals surface area contributed by atoms with Gasteiger partial charge in [0.15, 0.2) is 9.84 Å². The molecule has 1 saturated carbocycles. The highest BCUT2D eigenvalue weighted by molar-refractivity contribution is 7.92. The maximum Gasteiger partial charge on any atom is 0.416 e. The normalized spacial score (nSPS) is 17.8. The van der Waals surface area contributed by atoms with E-state index in [0.29, 0.717) is 31.0 Å². The monoisotopic (exact) mass is 576 g/mol. The summed E-state index contributed by atoms with van der Waals surface area (Å²) in [5.41, 5.74) is -0.950. The number of hydrogen-bond donors (Lipinski definition) is 1. The largest absolute Gasteiger partial charge is 0.416 e. The third kappa shape index (κ3) is 6.61. The van der Waals surface area contributed by atoms with Gasteiger partial charge in [0.25, 0.3) is 5.91 Å². The Hall–Kier alpha value is -1.81. The van der Waals surface area contributed by atoms with Gasteiger partial charge in [0, 0.05) is 28.7 Å². The zero-order valence-corrected chi connectivity index (χ0v) is 22.5. The van der Waals surface area contributed by atoms with Gasteiger partial charge in [-0.3, -0.25) is 9.69 Å². The number of amides is 1. The molecule has 0 bridgehead atoms. The molecule has 5 nitrogen and oxygen atoms in total. The van der Waals surface area contributed by atoms with Crippen molar-refractivity contribution in [1.29, 1.82) is 0 Å². The second-order valence-corrected chi connectivity index (χ2v) is 12.7. The lowest BCUT2D eigenvalue weighted by atomic mass is 10.0. The molecule has 0 spiro atoms. The number of carbonyl (C=O) groups excluding carboxylic acids is 1. The van der Waals surface area contributed by atoms with Crippen molar-refractivity contribution in [2.24, 2.45) is 0 Å². The number of alkyl halides is 3. The van der Waals surface area contributed by atoms with Crippen molar-refractivity contribution >= 4 is 38.9 Å². The lowest BCUT2D eigenvalue weighted by molar-refractivity contribution is -0.138. The number of rotatable bonds is 7. The van der Waals surface area contributed by atoms with E-state index in [9.17, 15) is 26.4 Å². The summed E-state index contributed by atoms with van der Waals surface area (Å²) in [7, 11) is -3.64. The Morgan fingerprint density at radius 2 is 1.68 bits per heavy atom. The van der Waals surface area contributed by atoms with Crippen LogP contribution in [-0.4, -0.2) is 37.6 Å². The van der Waals surface area contributed by atoms with Gasteiger partial charge in [-0.25, -0.2) is 8.42 Å². The van der Waals surface area contributed by atoms with Gasteiger partial charge in [-0.1, -0.05) is 42.5 Å². The summed E-state index contributed by atoms with van der Waals surface area (Å²) in [4.78, 5) is 14.9. The van der Waals surface area contributed by atoms with Gasteiger partial charge in [-0.2, -0.15) is 13.2 Å². The number of carbonyl (C=O) groups is 1. The van der Waals surface area contributed by atoms with Gasteiger partial charge in [-0.15, -0.1) is 0 Å². The molecule has 1 aliphatic heterocycles. The molecule has 2 aromatic rings. The van der Waals surface area contributed by atoms with Crippen molar-refractivity contribution in [2.45, 2.75) is 74.4 Å². The fourth-order valence-electron chi connectivity index (χ4n) is 5.14. The van der Waals surface area contributed by atoms with E-state index in [0.717, 1.165) is 38.2 Å². The molecule has 202 valence electrons. The van der Waals surface area contributed by atoms with Gasteiger partial charge in [0.05, 0.1) is 15.7 Å². The van der Waals surface area contributed by atoms with Crippen LogP contribution < -0.4 is 5.32 Å². The number of nitrogens with one attached hydrogen (secondary N) is 1. The highest BCUT2D eigenvalue weighted by Crippen LogP contribution is 2.37. The Labute approximate surface area is 225 Å². The van der Waals surface area contributed by atoms with Crippen molar-refractivity contribution in [3.8, 4) is 0 Å². The lowest BCUT2D eigenvalue weighted by Crippen LogP contribution is -2.30. The molecule has 4 rings (SSSR count). The maximum atomic E-state index is 14.0. The summed E-state index contributed by atoms with van der Waals surface area (Å²) in [6.07, 6.45) is 0.993. The number of likely N-dealkylation sites (tertiary alicyclic amines) is 1. The first-order chi connectivity index (χ1) is 17.5. The molecule has 1 N–H and O–H groups in total. The number of halogens is 5. The van der Waals surface area contributed by atoms with E-state index in [1.165, 1.54) is 24.3 Å². The van der Waals surface area contributed by atoms with E-state index in [1.807, 2.05) is 4.90 Å². The molecule has 0 unspecified atom stereocenters. The van der Waals surface area contributed by atoms with E-state index in [2.05, 4.69) is 5.32 Å². The predicted octanol–water partition coefficient (Wildman–Crippen LogP) is 6.64. The molecule has 2 fully saturated rings. The smallest absolute Gasteiger partial charge is 0.348 e. The van der Waals surface area contributed by atoms with Crippen LogP contribution in [0.3, 0.4) is 0 Å². The summed E-state index contributed by atoms with van der Waals surface area (Å²) in [6, 6.07) is 6.41. The van der Waals surface area contributed by atoms with Crippen LogP contribution in [0.2, 0.25) is 10.0 Å². The Kier molecular flexibility index (Phi) is 8.78. The molecule has 1 amide bonds. The summed E-state index contributed by atoms with van der Waals surface area (Å²) in [5.74, 6) is -0.791. The van der Waals surface area contributed by atoms with Crippen LogP contribution in [0.5, 0.6) is 0 Å². The fraction of sp³-hybridized carbons (Fsp3) is 0.500. The summed E-state index contributed by atoms with van der Waals surface area (Å²) in [6.45, 7) is 1.23. The third-order valence-electron chi connectivity index (χ3n) is 7.10. The number of hydrogen-bond acceptors (Lipinski definition) is 4. The van der Waals surface area contributed by atoms with Gasteiger partial charge in [-0.05, 0) is 80.2 Å². The number of sulfone groups is 1. The Morgan fingerprint density at radius 3 is 2.32 bits per heavy atom.